The Balaban J connectivity index is 1.72. The summed E-state index contributed by atoms with van der Waals surface area (Å²) in [5.41, 5.74) is 0.0327. The molecule has 1 saturated heterocycles. The van der Waals surface area contributed by atoms with Gasteiger partial charge in [0, 0.05) is 24.9 Å². The lowest BCUT2D eigenvalue weighted by atomic mass is 10.1. The van der Waals surface area contributed by atoms with Crippen LogP contribution in [-0.4, -0.2) is 43.8 Å². The lowest BCUT2D eigenvalue weighted by Crippen LogP contribution is -2.25. The predicted octanol–water partition coefficient (Wildman–Crippen LogP) is 4.29. The van der Waals surface area contributed by atoms with E-state index in [1.807, 2.05) is 0 Å². The third-order valence-corrected chi connectivity index (χ3v) is 4.98. The van der Waals surface area contributed by atoms with E-state index in [2.05, 4.69) is 20.3 Å². The van der Waals surface area contributed by atoms with Crippen LogP contribution in [0.3, 0.4) is 0 Å². The third-order valence-electron chi connectivity index (χ3n) is 4.98. The van der Waals surface area contributed by atoms with Gasteiger partial charge in [0.1, 0.15) is 5.69 Å². The van der Waals surface area contributed by atoms with Crippen LogP contribution < -0.4 is 5.32 Å². The molecule has 0 unspecified atom stereocenters. The monoisotopic (exact) mass is 451 g/mol. The second-order valence-electron chi connectivity index (χ2n) is 7.08. The van der Waals surface area contributed by atoms with Crippen LogP contribution in [0.1, 0.15) is 35.1 Å². The molecule has 0 saturated carbocycles. The zero-order valence-electron chi connectivity index (χ0n) is 16.4. The average Bonchev–Trinajstić information content (AvgIpc) is 3.22. The quantitative estimate of drug-likeness (QED) is 0.558. The summed E-state index contributed by atoms with van der Waals surface area (Å²) in [6.45, 7) is 0.565. The highest BCUT2D eigenvalue weighted by molar-refractivity contribution is 5.88. The molecule has 2 aromatic heterocycles. The number of ether oxygens (including phenoxy) is 1. The Bertz CT molecular complexity index is 1130. The maximum Gasteiger partial charge on any atom is 0.449 e. The van der Waals surface area contributed by atoms with Crippen molar-refractivity contribution in [1.29, 1.82) is 0 Å². The largest absolute Gasteiger partial charge is 0.478 e. The number of hydrogen-bond acceptors (Lipinski definition) is 6. The second-order valence-corrected chi connectivity index (χ2v) is 7.08. The predicted molar refractivity (Wildman–Crippen MR) is 104 cm³/mol. The highest BCUT2D eigenvalue weighted by atomic mass is 19.4. The Labute approximate surface area is 178 Å². The molecule has 0 aliphatic carbocycles. The van der Waals surface area contributed by atoms with Crippen LogP contribution >= 0.6 is 0 Å². The van der Waals surface area contributed by atoms with Gasteiger partial charge in [-0.1, -0.05) is 0 Å². The van der Waals surface area contributed by atoms with Crippen LogP contribution in [0.15, 0.2) is 36.7 Å². The molecule has 0 atom stereocenters. The molecule has 0 spiro atoms. The number of rotatable bonds is 5. The Hall–Kier alpha value is -3.54. The minimum atomic E-state index is -4.73. The van der Waals surface area contributed by atoms with E-state index in [0.717, 1.165) is 17.0 Å². The van der Waals surface area contributed by atoms with Crippen LogP contribution in [0, 0.1) is 5.82 Å². The van der Waals surface area contributed by atoms with Gasteiger partial charge in [0.15, 0.2) is 5.82 Å². The number of benzene rings is 1. The zero-order valence-corrected chi connectivity index (χ0v) is 16.4. The van der Waals surface area contributed by atoms with Gasteiger partial charge in [0.2, 0.25) is 11.8 Å². The van der Waals surface area contributed by atoms with Crippen LogP contribution in [-0.2, 0) is 10.9 Å². The molecule has 0 bridgehead atoms. The Kier molecular flexibility index (Phi) is 5.78. The van der Waals surface area contributed by atoms with Crippen molar-refractivity contribution in [3.63, 3.8) is 0 Å². The molecule has 3 aromatic rings. The van der Waals surface area contributed by atoms with Gasteiger partial charge in [0.05, 0.1) is 23.7 Å². The number of carbonyl (C=O) groups is 1. The fourth-order valence-corrected chi connectivity index (χ4v) is 3.49. The van der Waals surface area contributed by atoms with Gasteiger partial charge in [-0.25, -0.2) is 24.1 Å². The lowest BCUT2D eigenvalue weighted by Gasteiger charge is -2.27. The summed E-state index contributed by atoms with van der Waals surface area (Å²) in [7, 11) is 0. The number of carboxylic acid groups (broad SMARTS) is 1. The number of hydrogen-bond donors (Lipinski definition) is 2. The first-order valence-electron chi connectivity index (χ1n) is 9.59. The van der Waals surface area contributed by atoms with Crippen LogP contribution in [0.25, 0.3) is 11.4 Å². The van der Waals surface area contributed by atoms with Crippen molar-refractivity contribution in [1.82, 2.24) is 19.5 Å². The number of nitrogens with one attached hydrogen (secondary N) is 1. The number of anilines is 2. The molecular weight excluding hydrogens is 434 g/mol. The number of aromatic nitrogens is 4. The first-order chi connectivity index (χ1) is 15.2. The summed E-state index contributed by atoms with van der Waals surface area (Å²) in [5, 5.41) is 11.8. The molecule has 2 N–H and O–H groups in total. The molecule has 3 heterocycles. The Morgan fingerprint density at radius 3 is 2.44 bits per heavy atom. The van der Waals surface area contributed by atoms with Crippen molar-refractivity contribution in [2.24, 2.45) is 0 Å². The van der Waals surface area contributed by atoms with E-state index in [1.54, 1.807) is 0 Å². The summed E-state index contributed by atoms with van der Waals surface area (Å²) >= 11 is 0. The van der Waals surface area contributed by atoms with Gasteiger partial charge in [-0.3, -0.25) is 0 Å². The molecule has 8 nitrogen and oxygen atoms in total. The Morgan fingerprint density at radius 2 is 1.81 bits per heavy atom. The first kappa shape index (κ1) is 21.7. The van der Waals surface area contributed by atoms with Crippen molar-refractivity contribution in [2.45, 2.75) is 25.1 Å². The molecular formula is C20H17F4N5O3. The van der Waals surface area contributed by atoms with Gasteiger partial charge < -0.3 is 19.7 Å². The summed E-state index contributed by atoms with van der Waals surface area (Å²) in [6, 6.07) is 5.05. The number of aromatic carboxylic acids is 1. The van der Waals surface area contributed by atoms with E-state index in [9.17, 15) is 22.4 Å². The van der Waals surface area contributed by atoms with E-state index >= 15 is 0 Å². The fraction of sp³-hybridized carbons (Fsp3) is 0.300. The van der Waals surface area contributed by atoms with E-state index in [4.69, 9.17) is 9.84 Å². The molecule has 32 heavy (non-hydrogen) atoms. The topological polar surface area (TPSA) is 102 Å². The van der Waals surface area contributed by atoms with E-state index in [0.29, 0.717) is 18.5 Å². The number of halogens is 4. The molecule has 4 rings (SSSR count). The molecule has 168 valence electrons. The van der Waals surface area contributed by atoms with Crippen molar-refractivity contribution in [3.05, 3.63) is 53.9 Å². The van der Waals surface area contributed by atoms with Gasteiger partial charge in [-0.15, -0.1) is 0 Å². The minimum Gasteiger partial charge on any atom is -0.478 e. The molecule has 0 radical (unpaired) electrons. The number of carboxylic acids is 1. The van der Waals surface area contributed by atoms with Crippen LogP contribution in [0.5, 0.6) is 0 Å². The second kappa shape index (κ2) is 8.54. The maximum absolute atomic E-state index is 14.6. The number of imidazole rings is 1. The molecule has 0 amide bonds. The standard InChI is InChI=1S/C20H17F4N5O3/c21-14-9-26-19(27-12-3-1-11(2-4-12)17(30)31)28-16(14)15-10-25-18(20(22,23)24)29(15)13-5-7-32-8-6-13/h1-4,9-10,13H,5-8H2,(H,30,31)(H,26,27,28). The molecule has 12 heteroatoms. The average molecular weight is 451 g/mol. The fourth-order valence-electron chi connectivity index (χ4n) is 3.49. The van der Waals surface area contributed by atoms with E-state index < -0.39 is 29.8 Å². The molecule has 1 fully saturated rings. The van der Waals surface area contributed by atoms with Crippen LogP contribution in [0.4, 0.5) is 29.2 Å². The highest BCUT2D eigenvalue weighted by Gasteiger charge is 2.40. The summed E-state index contributed by atoms with van der Waals surface area (Å²) in [6.07, 6.45) is -2.28. The lowest BCUT2D eigenvalue weighted by molar-refractivity contribution is -0.148. The van der Waals surface area contributed by atoms with Gasteiger partial charge >= 0.3 is 12.1 Å². The van der Waals surface area contributed by atoms with Gasteiger partial charge in [0.25, 0.3) is 0 Å². The smallest absolute Gasteiger partial charge is 0.449 e. The number of nitrogens with zero attached hydrogens (tertiary/aromatic N) is 4. The normalized spacial score (nSPS) is 15.0. The van der Waals surface area contributed by atoms with Crippen molar-refractivity contribution in [2.75, 3.05) is 18.5 Å². The zero-order chi connectivity index (χ0) is 22.9. The third kappa shape index (κ3) is 4.40. The summed E-state index contributed by atoms with van der Waals surface area (Å²) < 4.78 is 61.6. The summed E-state index contributed by atoms with van der Waals surface area (Å²) in [5.74, 6) is -3.20. The van der Waals surface area contributed by atoms with E-state index in [1.165, 1.54) is 24.3 Å². The molecule has 1 aromatic carbocycles. The van der Waals surface area contributed by atoms with Crippen molar-refractivity contribution >= 4 is 17.6 Å². The maximum atomic E-state index is 14.6. The van der Waals surface area contributed by atoms with Gasteiger partial charge in [-0.05, 0) is 37.1 Å². The van der Waals surface area contributed by atoms with Crippen molar-refractivity contribution in [3.8, 4) is 11.4 Å². The van der Waals surface area contributed by atoms with Gasteiger partial charge in [-0.2, -0.15) is 13.2 Å². The highest BCUT2D eigenvalue weighted by Crippen LogP contribution is 2.37. The SMILES string of the molecule is O=C(O)c1ccc(Nc2ncc(F)c(-c3cnc(C(F)(F)F)n3C3CCOCC3)n2)cc1. The Morgan fingerprint density at radius 1 is 1.12 bits per heavy atom. The van der Waals surface area contributed by atoms with Crippen molar-refractivity contribution < 1.29 is 32.2 Å². The number of alkyl halides is 3. The molecule has 1 aliphatic rings. The minimum absolute atomic E-state index is 0.0660. The first-order valence-corrected chi connectivity index (χ1v) is 9.59. The summed E-state index contributed by atoms with van der Waals surface area (Å²) in [4.78, 5) is 22.4. The molecule has 1 aliphatic heterocycles. The van der Waals surface area contributed by atoms with Crippen LogP contribution in [0.2, 0.25) is 0 Å². The van der Waals surface area contributed by atoms with E-state index in [-0.39, 0.29) is 36.1 Å².